The smallest absolute Gasteiger partial charge is 0.305 e. The number of nitrogens with two attached hydrogens (primary N) is 1. The molecule has 0 heterocycles. The highest BCUT2D eigenvalue weighted by atomic mass is 16.4. The predicted octanol–water partition coefficient (Wildman–Crippen LogP) is 1.93. The van der Waals surface area contributed by atoms with Crippen LogP contribution >= 0.6 is 0 Å². The predicted molar refractivity (Wildman–Crippen MR) is 78.7 cm³/mol. The Bertz CT molecular complexity index is 443. The Morgan fingerprint density at radius 1 is 1.15 bits per heavy atom. The normalized spacial score (nSPS) is 10.3. The van der Waals surface area contributed by atoms with Gasteiger partial charge in [-0.3, -0.25) is 9.59 Å². The van der Waals surface area contributed by atoms with Crippen LogP contribution in [0.2, 0.25) is 0 Å². The van der Waals surface area contributed by atoms with Crippen LogP contribution in [0.15, 0.2) is 24.3 Å². The second kappa shape index (κ2) is 8.32. The van der Waals surface area contributed by atoms with Gasteiger partial charge in [-0.15, -0.1) is 0 Å². The molecule has 5 nitrogen and oxygen atoms in total. The van der Waals surface area contributed by atoms with E-state index in [9.17, 15) is 9.59 Å². The zero-order valence-electron chi connectivity index (χ0n) is 11.8. The number of rotatable bonds is 8. The Labute approximate surface area is 119 Å². The first-order chi connectivity index (χ1) is 9.54. The number of anilines is 1. The number of carboxylic acid groups (broad SMARTS) is 1. The van der Waals surface area contributed by atoms with Gasteiger partial charge in [-0.2, -0.15) is 0 Å². The highest BCUT2D eigenvalue weighted by Crippen LogP contribution is 2.17. The summed E-state index contributed by atoms with van der Waals surface area (Å²) >= 11 is 0. The van der Waals surface area contributed by atoms with E-state index in [1.165, 1.54) is 0 Å². The number of carbonyl (C=O) groups is 2. The molecule has 1 amide bonds. The highest BCUT2D eigenvalue weighted by Gasteiger charge is 2.16. The minimum atomic E-state index is -0.906. The number of carbonyl (C=O) groups excluding carboxylic acids is 1. The van der Waals surface area contributed by atoms with Crippen LogP contribution in [0.4, 0.5) is 5.69 Å². The Hall–Kier alpha value is -1.88. The SMILES string of the molecule is Cc1ccc(N(CCC(=O)O)C(=O)CCCCN)cc1. The Morgan fingerprint density at radius 3 is 2.35 bits per heavy atom. The highest BCUT2D eigenvalue weighted by molar-refractivity contribution is 5.93. The van der Waals surface area contributed by atoms with Crippen LogP contribution in [-0.2, 0) is 9.59 Å². The van der Waals surface area contributed by atoms with Crippen LogP contribution in [0.25, 0.3) is 0 Å². The molecule has 0 aliphatic rings. The van der Waals surface area contributed by atoms with Crippen molar-refractivity contribution in [3.63, 3.8) is 0 Å². The van der Waals surface area contributed by atoms with Crippen molar-refractivity contribution >= 4 is 17.6 Å². The molecular weight excluding hydrogens is 256 g/mol. The maximum Gasteiger partial charge on any atom is 0.305 e. The van der Waals surface area contributed by atoms with Gasteiger partial charge in [0, 0.05) is 18.7 Å². The fraction of sp³-hybridized carbons (Fsp3) is 0.467. The summed E-state index contributed by atoms with van der Waals surface area (Å²) in [4.78, 5) is 24.5. The van der Waals surface area contributed by atoms with Gasteiger partial charge in [0.1, 0.15) is 0 Å². The van der Waals surface area contributed by atoms with Crippen molar-refractivity contribution in [3.8, 4) is 0 Å². The van der Waals surface area contributed by atoms with Gasteiger partial charge < -0.3 is 15.7 Å². The molecule has 0 aliphatic heterocycles. The second-order valence-corrected chi connectivity index (χ2v) is 4.77. The summed E-state index contributed by atoms with van der Waals surface area (Å²) in [5.41, 5.74) is 7.26. The second-order valence-electron chi connectivity index (χ2n) is 4.77. The summed E-state index contributed by atoms with van der Waals surface area (Å²) in [5, 5.41) is 8.79. The lowest BCUT2D eigenvalue weighted by molar-refractivity contribution is -0.136. The zero-order chi connectivity index (χ0) is 15.0. The third-order valence-corrected chi connectivity index (χ3v) is 3.04. The fourth-order valence-electron chi connectivity index (χ4n) is 1.89. The monoisotopic (exact) mass is 278 g/mol. The minimum absolute atomic E-state index is 0.0523. The number of aliphatic carboxylic acids is 1. The standard InChI is InChI=1S/C15H22N2O3/c1-12-5-7-13(8-6-12)17(11-9-15(19)20)14(18)4-2-3-10-16/h5-8H,2-4,9-11,16H2,1H3,(H,19,20). The number of unbranched alkanes of at least 4 members (excludes halogenated alkanes) is 1. The molecule has 0 saturated heterocycles. The molecule has 1 aromatic rings. The summed E-state index contributed by atoms with van der Waals surface area (Å²) in [6.07, 6.45) is 1.86. The van der Waals surface area contributed by atoms with Gasteiger partial charge in [0.05, 0.1) is 6.42 Å². The first-order valence-electron chi connectivity index (χ1n) is 6.83. The van der Waals surface area contributed by atoms with Crippen LogP contribution in [-0.4, -0.2) is 30.1 Å². The van der Waals surface area contributed by atoms with Crippen LogP contribution < -0.4 is 10.6 Å². The van der Waals surface area contributed by atoms with Crippen LogP contribution in [0, 0.1) is 6.92 Å². The molecule has 1 aromatic carbocycles. The van der Waals surface area contributed by atoms with Crippen LogP contribution in [0.1, 0.15) is 31.2 Å². The minimum Gasteiger partial charge on any atom is -0.481 e. The maximum atomic E-state index is 12.2. The summed E-state index contributed by atoms with van der Waals surface area (Å²) in [6, 6.07) is 7.52. The van der Waals surface area contributed by atoms with Gasteiger partial charge in [0.25, 0.3) is 0 Å². The molecular formula is C15H22N2O3. The molecule has 110 valence electrons. The molecule has 20 heavy (non-hydrogen) atoms. The Balaban J connectivity index is 2.75. The van der Waals surface area contributed by atoms with Gasteiger partial charge in [0.15, 0.2) is 0 Å². The molecule has 1 rings (SSSR count). The quantitative estimate of drug-likeness (QED) is 0.712. The number of amides is 1. The molecule has 0 unspecified atom stereocenters. The fourth-order valence-corrected chi connectivity index (χ4v) is 1.89. The molecule has 0 fully saturated rings. The number of hydrogen-bond acceptors (Lipinski definition) is 3. The van der Waals surface area contributed by atoms with Crippen molar-refractivity contribution in [1.29, 1.82) is 0 Å². The number of aryl methyl sites for hydroxylation is 1. The van der Waals surface area contributed by atoms with E-state index >= 15 is 0 Å². The summed E-state index contributed by atoms with van der Waals surface area (Å²) in [5.74, 6) is -0.958. The van der Waals surface area contributed by atoms with Crippen LogP contribution in [0.5, 0.6) is 0 Å². The van der Waals surface area contributed by atoms with E-state index in [0.29, 0.717) is 13.0 Å². The van der Waals surface area contributed by atoms with E-state index in [-0.39, 0.29) is 18.9 Å². The van der Waals surface area contributed by atoms with Crippen molar-refractivity contribution in [1.82, 2.24) is 0 Å². The van der Waals surface area contributed by atoms with Gasteiger partial charge in [-0.25, -0.2) is 0 Å². The first-order valence-corrected chi connectivity index (χ1v) is 6.83. The third-order valence-electron chi connectivity index (χ3n) is 3.04. The molecule has 0 radical (unpaired) electrons. The summed E-state index contributed by atoms with van der Waals surface area (Å²) < 4.78 is 0. The topological polar surface area (TPSA) is 83.6 Å². The molecule has 5 heteroatoms. The molecule has 0 aromatic heterocycles. The van der Waals surface area contributed by atoms with E-state index in [4.69, 9.17) is 10.8 Å². The van der Waals surface area contributed by atoms with Crippen molar-refractivity contribution < 1.29 is 14.7 Å². The molecule has 0 saturated carbocycles. The maximum absolute atomic E-state index is 12.2. The van der Waals surface area contributed by atoms with Gasteiger partial charge >= 0.3 is 5.97 Å². The van der Waals surface area contributed by atoms with E-state index in [1.807, 2.05) is 31.2 Å². The molecule has 0 atom stereocenters. The molecule has 0 bridgehead atoms. The summed E-state index contributed by atoms with van der Waals surface area (Å²) in [6.45, 7) is 2.72. The first kappa shape index (κ1) is 16.2. The van der Waals surface area contributed by atoms with Gasteiger partial charge in [-0.05, 0) is 38.4 Å². The number of nitrogens with zero attached hydrogens (tertiary/aromatic N) is 1. The largest absolute Gasteiger partial charge is 0.481 e. The Morgan fingerprint density at radius 2 is 1.80 bits per heavy atom. The van der Waals surface area contributed by atoms with E-state index < -0.39 is 5.97 Å². The van der Waals surface area contributed by atoms with Crippen molar-refractivity contribution in [2.45, 2.75) is 32.6 Å². The lowest BCUT2D eigenvalue weighted by atomic mass is 10.1. The van der Waals surface area contributed by atoms with E-state index in [1.54, 1.807) is 4.90 Å². The zero-order valence-corrected chi connectivity index (χ0v) is 11.8. The van der Waals surface area contributed by atoms with Gasteiger partial charge in [0.2, 0.25) is 5.91 Å². The Kier molecular flexibility index (Phi) is 6.73. The van der Waals surface area contributed by atoms with Crippen LogP contribution in [0.3, 0.4) is 0 Å². The van der Waals surface area contributed by atoms with Crippen molar-refractivity contribution in [2.24, 2.45) is 5.73 Å². The lowest BCUT2D eigenvalue weighted by Gasteiger charge is -2.22. The molecule has 3 N–H and O–H groups in total. The summed E-state index contributed by atoms with van der Waals surface area (Å²) in [7, 11) is 0. The van der Waals surface area contributed by atoms with E-state index in [2.05, 4.69) is 0 Å². The van der Waals surface area contributed by atoms with E-state index in [0.717, 1.165) is 24.1 Å². The molecule has 0 spiro atoms. The van der Waals surface area contributed by atoms with Gasteiger partial charge in [-0.1, -0.05) is 17.7 Å². The van der Waals surface area contributed by atoms with Crippen molar-refractivity contribution in [2.75, 3.05) is 18.0 Å². The third kappa shape index (κ3) is 5.40. The lowest BCUT2D eigenvalue weighted by Crippen LogP contribution is -2.32. The van der Waals surface area contributed by atoms with Crippen molar-refractivity contribution in [3.05, 3.63) is 29.8 Å². The number of hydrogen-bond donors (Lipinski definition) is 2. The average Bonchev–Trinajstić information content (AvgIpc) is 2.41. The average molecular weight is 278 g/mol. The number of benzene rings is 1. The molecule has 0 aliphatic carbocycles. The number of carboxylic acids is 1.